The maximum absolute atomic E-state index is 13.8. The van der Waals surface area contributed by atoms with Crippen LogP contribution in [-0.4, -0.2) is 11.6 Å². The first-order valence-corrected chi connectivity index (χ1v) is 14.2. The minimum absolute atomic E-state index is 0.00817. The average Bonchev–Trinajstić information content (AvgIpc) is 3.25. The van der Waals surface area contributed by atoms with Crippen molar-refractivity contribution in [2.24, 2.45) is 5.92 Å². The van der Waals surface area contributed by atoms with Crippen molar-refractivity contribution in [3.63, 3.8) is 0 Å². The van der Waals surface area contributed by atoms with E-state index in [1.165, 1.54) is 50.5 Å². The second-order valence-corrected chi connectivity index (χ2v) is 10.3. The first kappa shape index (κ1) is 27.9. The fraction of sp³-hybridized carbons (Fsp3) is 0.515. The van der Waals surface area contributed by atoms with E-state index in [1.807, 2.05) is 24.3 Å². The Bertz CT molecular complexity index is 1130. The zero-order chi connectivity index (χ0) is 25.9. The molecule has 0 radical (unpaired) electrons. The molecule has 3 heteroatoms. The summed E-state index contributed by atoms with van der Waals surface area (Å²) in [6.45, 7) is 8.24. The molecule has 0 aliphatic rings. The minimum atomic E-state index is -0.00946. The number of rotatable bonds is 16. The molecule has 1 heterocycles. The van der Waals surface area contributed by atoms with E-state index in [2.05, 4.69) is 32.9 Å². The van der Waals surface area contributed by atoms with Crippen LogP contribution in [-0.2, 0) is 12.8 Å². The van der Waals surface area contributed by atoms with E-state index in [0.717, 1.165) is 49.2 Å². The molecule has 3 nitrogen and oxygen atoms in total. The van der Waals surface area contributed by atoms with Gasteiger partial charge in [0.05, 0.1) is 5.56 Å². The predicted octanol–water partition coefficient (Wildman–Crippen LogP) is 9.53. The number of hydrogen-bond acceptors (Lipinski definition) is 3. The quantitative estimate of drug-likeness (QED) is 0.189. The van der Waals surface area contributed by atoms with Gasteiger partial charge >= 0.3 is 0 Å². The van der Waals surface area contributed by atoms with Crippen LogP contribution >= 0.6 is 0 Å². The van der Waals surface area contributed by atoms with E-state index >= 15 is 0 Å². The summed E-state index contributed by atoms with van der Waals surface area (Å²) in [4.78, 5) is 25.8. The first-order chi connectivity index (χ1) is 17.5. The lowest BCUT2D eigenvalue weighted by molar-refractivity contribution is 0.101. The van der Waals surface area contributed by atoms with Gasteiger partial charge in [0, 0.05) is 22.9 Å². The van der Waals surface area contributed by atoms with Gasteiger partial charge in [-0.05, 0) is 61.9 Å². The van der Waals surface area contributed by atoms with Crippen molar-refractivity contribution in [3.8, 4) is 0 Å². The number of ketones is 2. The molecule has 0 aliphatic heterocycles. The van der Waals surface area contributed by atoms with Crippen molar-refractivity contribution < 1.29 is 14.0 Å². The van der Waals surface area contributed by atoms with Gasteiger partial charge in [-0.25, -0.2) is 0 Å². The van der Waals surface area contributed by atoms with Crippen LogP contribution < -0.4 is 0 Å². The second-order valence-electron chi connectivity index (χ2n) is 10.3. The molecule has 194 valence electrons. The van der Waals surface area contributed by atoms with E-state index in [-0.39, 0.29) is 11.6 Å². The van der Waals surface area contributed by atoms with Gasteiger partial charge in [-0.2, -0.15) is 0 Å². The summed E-state index contributed by atoms with van der Waals surface area (Å²) in [5.74, 6) is 1.54. The summed E-state index contributed by atoms with van der Waals surface area (Å²) in [7, 11) is 0. The molecule has 0 unspecified atom stereocenters. The molecule has 0 spiro atoms. The number of aryl methyl sites for hydroxylation is 2. The second kappa shape index (κ2) is 14.2. The number of carbonyl (C=O) groups excluding carboxylic acids is 2. The highest BCUT2D eigenvalue weighted by Gasteiger charge is 2.23. The van der Waals surface area contributed by atoms with E-state index in [9.17, 15) is 9.59 Å². The topological polar surface area (TPSA) is 47.3 Å². The van der Waals surface area contributed by atoms with Crippen LogP contribution in [0.1, 0.15) is 130 Å². The first-order valence-electron chi connectivity index (χ1n) is 14.2. The average molecular weight is 489 g/mol. The Kier molecular flexibility index (Phi) is 11.0. The number of furan rings is 1. The third-order valence-corrected chi connectivity index (χ3v) is 7.35. The van der Waals surface area contributed by atoms with E-state index < -0.39 is 0 Å². The molecule has 0 fully saturated rings. The molecular formula is C33H44O3. The molecule has 2 aromatic carbocycles. The highest BCUT2D eigenvalue weighted by molar-refractivity contribution is 6.17. The smallest absolute Gasteiger partial charge is 0.197 e. The van der Waals surface area contributed by atoms with Crippen molar-refractivity contribution in [3.05, 3.63) is 70.5 Å². The van der Waals surface area contributed by atoms with E-state index in [4.69, 9.17) is 4.42 Å². The van der Waals surface area contributed by atoms with Gasteiger partial charge < -0.3 is 4.42 Å². The fourth-order valence-electron chi connectivity index (χ4n) is 5.16. The van der Waals surface area contributed by atoms with Gasteiger partial charge in [-0.1, -0.05) is 90.3 Å². The highest BCUT2D eigenvalue weighted by atomic mass is 16.3. The molecule has 3 rings (SSSR count). The number of carbonyl (C=O) groups is 2. The van der Waals surface area contributed by atoms with Crippen molar-refractivity contribution >= 4 is 22.5 Å². The summed E-state index contributed by atoms with van der Waals surface area (Å²) < 4.78 is 6.13. The Labute approximate surface area is 217 Å². The molecule has 0 bridgehead atoms. The molecule has 3 aromatic rings. The van der Waals surface area contributed by atoms with Gasteiger partial charge in [0.25, 0.3) is 0 Å². The van der Waals surface area contributed by atoms with Crippen LogP contribution in [0.5, 0.6) is 0 Å². The summed E-state index contributed by atoms with van der Waals surface area (Å²) in [5, 5.41) is 0.749. The lowest BCUT2D eigenvalue weighted by Gasteiger charge is -2.16. The van der Waals surface area contributed by atoms with Crippen LogP contribution in [0, 0.1) is 5.92 Å². The summed E-state index contributed by atoms with van der Waals surface area (Å²) >= 11 is 0. The molecule has 36 heavy (non-hydrogen) atoms. The SMILES string of the molecule is CCCCc1oc2ccc(C(C)=O)cc2c1C(=O)c1cccc(CCCC(CCCC)CCCC)c1. The monoisotopic (exact) mass is 488 g/mol. The Morgan fingerprint density at radius 3 is 2.14 bits per heavy atom. The van der Waals surface area contributed by atoms with Crippen molar-refractivity contribution in [1.29, 1.82) is 0 Å². The minimum Gasteiger partial charge on any atom is -0.460 e. The van der Waals surface area contributed by atoms with E-state index in [1.54, 1.807) is 13.0 Å². The van der Waals surface area contributed by atoms with Crippen LogP contribution in [0.3, 0.4) is 0 Å². The standard InChI is InChI=1S/C33H44O3/c1-5-8-13-25(14-9-6-2)15-11-16-26-17-12-18-28(22-26)33(35)32-29-23-27(24(4)34)20-21-30(29)36-31(32)19-10-7-3/h12,17-18,20-23,25H,5-11,13-16,19H2,1-4H3. The molecule has 0 atom stereocenters. The Hall–Kier alpha value is -2.68. The summed E-state index contributed by atoms with van der Waals surface area (Å²) in [5.41, 5.74) is 3.83. The Morgan fingerprint density at radius 1 is 0.778 bits per heavy atom. The van der Waals surface area contributed by atoms with Gasteiger partial charge in [-0.15, -0.1) is 0 Å². The number of unbranched alkanes of at least 4 members (excludes halogenated alkanes) is 3. The largest absolute Gasteiger partial charge is 0.460 e. The molecule has 0 saturated heterocycles. The lowest BCUT2D eigenvalue weighted by Crippen LogP contribution is -2.06. The third kappa shape index (κ3) is 7.41. The van der Waals surface area contributed by atoms with Crippen LogP contribution in [0.2, 0.25) is 0 Å². The normalized spacial score (nSPS) is 11.5. The molecule has 1 aromatic heterocycles. The fourth-order valence-corrected chi connectivity index (χ4v) is 5.16. The maximum Gasteiger partial charge on any atom is 0.197 e. The van der Waals surface area contributed by atoms with E-state index in [0.29, 0.717) is 22.3 Å². The lowest BCUT2D eigenvalue weighted by atomic mass is 9.90. The summed E-state index contributed by atoms with van der Waals surface area (Å²) in [6, 6.07) is 13.5. The number of benzene rings is 2. The molecule has 0 saturated carbocycles. The van der Waals surface area contributed by atoms with Crippen LogP contribution in [0.25, 0.3) is 11.0 Å². The van der Waals surface area contributed by atoms with Gasteiger partial charge in [0.2, 0.25) is 0 Å². The van der Waals surface area contributed by atoms with Crippen molar-refractivity contribution in [1.82, 2.24) is 0 Å². The molecular weight excluding hydrogens is 444 g/mol. The van der Waals surface area contributed by atoms with Gasteiger partial charge in [0.15, 0.2) is 11.6 Å². The highest BCUT2D eigenvalue weighted by Crippen LogP contribution is 2.31. The molecule has 0 aliphatic carbocycles. The maximum atomic E-state index is 13.8. The number of fused-ring (bicyclic) bond motifs is 1. The Morgan fingerprint density at radius 2 is 1.47 bits per heavy atom. The zero-order valence-electron chi connectivity index (χ0n) is 22.8. The number of Topliss-reactive ketones (excluding diaryl/α,β-unsaturated/α-hetero) is 1. The number of hydrogen-bond donors (Lipinski definition) is 0. The zero-order valence-corrected chi connectivity index (χ0v) is 22.8. The Balaban J connectivity index is 1.81. The predicted molar refractivity (Wildman–Crippen MR) is 150 cm³/mol. The van der Waals surface area contributed by atoms with Gasteiger partial charge in [-0.3, -0.25) is 9.59 Å². The van der Waals surface area contributed by atoms with Crippen LogP contribution in [0.15, 0.2) is 46.9 Å². The van der Waals surface area contributed by atoms with Crippen molar-refractivity contribution in [2.75, 3.05) is 0 Å². The third-order valence-electron chi connectivity index (χ3n) is 7.35. The van der Waals surface area contributed by atoms with Crippen molar-refractivity contribution in [2.45, 2.75) is 105 Å². The summed E-state index contributed by atoms with van der Waals surface area (Å²) in [6.07, 6.45) is 14.0. The van der Waals surface area contributed by atoms with Crippen LogP contribution in [0.4, 0.5) is 0 Å². The van der Waals surface area contributed by atoms with Gasteiger partial charge in [0.1, 0.15) is 11.3 Å². The molecule has 0 amide bonds. The molecule has 0 N–H and O–H groups in total.